The lowest BCUT2D eigenvalue weighted by molar-refractivity contribution is 0.342. The summed E-state index contributed by atoms with van der Waals surface area (Å²) in [6.45, 7) is 6.55. The van der Waals surface area contributed by atoms with Crippen LogP contribution < -0.4 is 5.32 Å². The van der Waals surface area contributed by atoms with E-state index in [1.807, 2.05) is 0 Å². The molecule has 0 saturated carbocycles. The molecule has 1 atom stereocenters. The third-order valence-electron chi connectivity index (χ3n) is 2.95. The first-order valence-corrected chi connectivity index (χ1v) is 6.64. The van der Waals surface area contributed by atoms with E-state index >= 15 is 0 Å². The second-order valence-electron chi connectivity index (χ2n) is 4.87. The van der Waals surface area contributed by atoms with Crippen molar-refractivity contribution in [2.75, 3.05) is 27.2 Å². The van der Waals surface area contributed by atoms with E-state index in [1.165, 1.54) is 17.5 Å². The molecule has 1 aromatic rings. The summed E-state index contributed by atoms with van der Waals surface area (Å²) in [5.41, 5.74) is 2.83. The van der Waals surface area contributed by atoms with Crippen LogP contribution in [0.1, 0.15) is 37.4 Å². The molecule has 0 fully saturated rings. The van der Waals surface area contributed by atoms with Crippen LogP contribution in [-0.2, 0) is 6.42 Å². The molecule has 0 heterocycles. The normalized spacial score (nSPS) is 13.0. The van der Waals surface area contributed by atoms with Gasteiger partial charge in [-0.2, -0.15) is 0 Å². The van der Waals surface area contributed by atoms with Crippen LogP contribution in [0.5, 0.6) is 0 Å². The van der Waals surface area contributed by atoms with E-state index in [1.54, 1.807) is 0 Å². The third kappa shape index (κ3) is 4.88. The van der Waals surface area contributed by atoms with Gasteiger partial charge in [-0.1, -0.05) is 38.1 Å². The van der Waals surface area contributed by atoms with Crippen molar-refractivity contribution in [2.24, 2.45) is 0 Å². The molecular weight excluding hydrogens is 208 g/mol. The molecule has 1 N–H and O–H groups in total. The van der Waals surface area contributed by atoms with E-state index < -0.39 is 0 Å². The average molecular weight is 234 g/mol. The summed E-state index contributed by atoms with van der Waals surface area (Å²) in [6.07, 6.45) is 2.29. The van der Waals surface area contributed by atoms with E-state index in [-0.39, 0.29) is 0 Å². The Labute approximate surface area is 106 Å². The molecular formula is C15H26N2. The van der Waals surface area contributed by atoms with Gasteiger partial charge in [0.2, 0.25) is 0 Å². The summed E-state index contributed by atoms with van der Waals surface area (Å²) < 4.78 is 0. The quantitative estimate of drug-likeness (QED) is 0.780. The van der Waals surface area contributed by atoms with Crippen molar-refractivity contribution in [1.29, 1.82) is 0 Å². The van der Waals surface area contributed by atoms with Gasteiger partial charge in [0.25, 0.3) is 0 Å². The summed E-state index contributed by atoms with van der Waals surface area (Å²) in [5.74, 6) is 0. The number of nitrogens with one attached hydrogen (secondary N) is 1. The highest BCUT2D eigenvalue weighted by molar-refractivity contribution is 5.26. The van der Waals surface area contributed by atoms with Gasteiger partial charge in [-0.05, 0) is 44.6 Å². The van der Waals surface area contributed by atoms with E-state index in [9.17, 15) is 0 Å². The van der Waals surface area contributed by atoms with Crippen LogP contribution in [-0.4, -0.2) is 32.1 Å². The maximum absolute atomic E-state index is 3.63. The number of hydrogen-bond acceptors (Lipinski definition) is 2. The molecule has 1 rings (SSSR count). The van der Waals surface area contributed by atoms with Crippen LogP contribution >= 0.6 is 0 Å². The predicted molar refractivity (Wildman–Crippen MR) is 75.4 cm³/mol. The minimum Gasteiger partial charge on any atom is -0.309 e. The van der Waals surface area contributed by atoms with Gasteiger partial charge in [0.1, 0.15) is 0 Å². The Morgan fingerprint density at radius 2 is 2.00 bits per heavy atom. The van der Waals surface area contributed by atoms with Gasteiger partial charge in [0.15, 0.2) is 0 Å². The molecule has 1 unspecified atom stereocenters. The van der Waals surface area contributed by atoms with Crippen LogP contribution in [0.4, 0.5) is 0 Å². The number of rotatable bonds is 7. The Bertz CT molecular complexity index is 320. The van der Waals surface area contributed by atoms with E-state index in [4.69, 9.17) is 0 Å². The lowest BCUT2D eigenvalue weighted by Gasteiger charge is -2.23. The van der Waals surface area contributed by atoms with Gasteiger partial charge < -0.3 is 10.2 Å². The zero-order valence-corrected chi connectivity index (χ0v) is 11.7. The SMILES string of the molecule is CCCNC(CN(C)C)c1cccc(CC)c1. The van der Waals surface area contributed by atoms with Gasteiger partial charge >= 0.3 is 0 Å². The molecule has 0 aliphatic rings. The fraction of sp³-hybridized carbons (Fsp3) is 0.600. The maximum atomic E-state index is 3.63. The maximum Gasteiger partial charge on any atom is 0.0449 e. The minimum atomic E-state index is 0.441. The van der Waals surface area contributed by atoms with Crippen molar-refractivity contribution >= 4 is 0 Å². The lowest BCUT2D eigenvalue weighted by atomic mass is 10.0. The number of hydrogen-bond donors (Lipinski definition) is 1. The van der Waals surface area contributed by atoms with Gasteiger partial charge in [-0.25, -0.2) is 0 Å². The number of benzene rings is 1. The molecule has 0 radical (unpaired) electrons. The summed E-state index contributed by atoms with van der Waals surface area (Å²) in [4.78, 5) is 2.24. The van der Waals surface area contributed by atoms with E-state index in [2.05, 4.69) is 62.4 Å². The van der Waals surface area contributed by atoms with Crippen molar-refractivity contribution in [3.05, 3.63) is 35.4 Å². The second-order valence-corrected chi connectivity index (χ2v) is 4.87. The smallest absolute Gasteiger partial charge is 0.0449 e. The first-order chi connectivity index (χ1) is 8.17. The highest BCUT2D eigenvalue weighted by Crippen LogP contribution is 2.16. The molecule has 0 bridgehead atoms. The number of nitrogens with zero attached hydrogens (tertiary/aromatic N) is 1. The van der Waals surface area contributed by atoms with Crippen molar-refractivity contribution in [3.8, 4) is 0 Å². The topological polar surface area (TPSA) is 15.3 Å². The largest absolute Gasteiger partial charge is 0.309 e. The summed E-state index contributed by atoms with van der Waals surface area (Å²) in [6, 6.07) is 9.38. The zero-order valence-electron chi connectivity index (χ0n) is 11.7. The minimum absolute atomic E-state index is 0.441. The summed E-state index contributed by atoms with van der Waals surface area (Å²) in [5, 5.41) is 3.63. The van der Waals surface area contributed by atoms with Gasteiger partial charge in [-0.15, -0.1) is 0 Å². The Kier molecular flexibility index (Phi) is 6.23. The van der Waals surface area contributed by atoms with Crippen molar-refractivity contribution in [3.63, 3.8) is 0 Å². The van der Waals surface area contributed by atoms with Crippen molar-refractivity contribution in [2.45, 2.75) is 32.7 Å². The predicted octanol–water partition coefficient (Wildman–Crippen LogP) is 2.85. The molecule has 17 heavy (non-hydrogen) atoms. The zero-order chi connectivity index (χ0) is 12.7. The van der Waals surface area contributed by atoms with Gasteiger partial charge in [0.05, 0.1) is 0 Å². The first kappa shape index (κ1) is 14.2. The van der Waals surface area contributed by atoms with Crippen LogP contribution in [0.25, 0.3) is 0 Å². The molecule has 0 spiro atoms. The van der Waals surface area contributed by atoms with Crippen LogP contribution in [0.15, 0.2) is 24.3 Å². The van der Waals surface area contributed by atoms with Crippen molar-refractivity contribution in [1.82, 2.24) is 10.2 Å². The van der Waals surface area contributed by atoms with Crippen molar-refractivity contribution < 1.29 is 0 Å². The molecule has 0 aliphatic carbocycles. The molecule has 0 aromatic heterocycles. The summed E-state index contributed by atoms with van der Waals surface area (Å²) >= 11 is 0. The fourth-order valence-corrected chi connectivity index (χ4v) is 2.00. The Balaban J connectivity index is 2.78. The highest BCUT2D eigenvalue weighted by atomic mass is 15.1. The second kappa shape index (κ2) is 7.46. The molecule has 0 aliphatic heterocycles. The Morgan fingerprint density at radius 1 is 1.24 bits per heavy atom. The molecule has 1 aromatic carbocycles. The molecule has 0 saturated heterocycles. The number of likely N-dealkylation sites (N-methyl/N-ethyl adjacent to an activating group) is 1. The fourth-order valence-electron chi connectivity index (χ4n) is 2.00. The van der Waals surface area contributed by atoms with Crippen LogP contribution in [0.3, 0.4) is 0 Å². The number of aryl methyl sites for hydroxylation is 1. The standard InChI is InChI=1S/C15H26N2/c1-5-10-16-15(12-17(3)4)14-9-7-8-13(6-2)11-14/h7-9,11,15-16H,5-6,10,12H2,1-4H3. The third-order valence-corrected chi connectivity index (χ3v) is 2.95. The molecule has 96 valence electrons. The van der Waals surface area contributed by atoms with E-state index in [0.29, 0.717) is 6.04 Å². The van der Waals surface area contributed by atoms with Crippen LogP contribution in [0.2, 0.25) is 0 Å². The first-order valence-electron chi connectivity index (χ1n) is 6.64. The average Bonchev–Trinajstić information content (AvgIpc) is 2.34. The lowest BCUT2D eigenvalue weighted by Crippen LogP contribution is -2.31. The highest BCUT2D eigenvalue weighted by Gasteiger charge is 2.11. The van der Waals surface area contributed by atoms with Gasteiger partial charge in [-0.3, -0.25) is 0 Å². The summed E-state index contributed by atoms with van der Waals surface area (Å²) in [7, 11) is 4.26. The Hall–Kier alpha value is -0.860. The molecule has 2 nitrogen and oxygen atoms in total. The molecule has 0 amide bonds. The van der Waals surface area contributed by atoms with Gasteiger partial charge in [0, 0.05) is 12.6 Å². The van der Waals surface area contributed by atoms with E-state index in [0.717, 1.165) is 19.5 Å². The van der Waals surface area contributed by atoms with Crippen LogP contribution in [0, 0.1) is 0 Å². The molecule has 2 heteroatoms. The Morgan fingerprint density at radius 3 is 2.59 bits per heavy atom. The monoisotopic (exact) mass is 234 g/mol.